The van der Waals surface area contributed by atoms with Crippen molar-refractivity contribution in [2.45, 2.75) is 51.0 Å². The molecule has 3 N–H and O–H groups in total. The van der Waals surface area contributed by atoms with E-state index in [4.69, 9.17) is 9.94 Å². The fourth-order valence-corrected chi connectivity index (χ4v) is 5.91. The van der Waals surface area contributed by atoms with Crippen LogP contribution in [-0.4, -0.2) is 71.0 Å². The van der Waals surface area contributed by atoms with Crippen LogP contribution >= 0.6 is 0 Å². The minimum Gasteiger partial charge on any atom is -0.489 e. The molecule has 0 atom stereocenters. The highest BCUT2D eigenvalue weighted by Crippen LogP contribution is 2.27. The van der Waals surface area contributed by atoms with Crippen molar-refractivity contribution in [3.05, 3.63) is 71.4 Å². The van der Waals surface area contributed by atoms with Gasteiger partial charge in [-0.3, -0.25) is 24.7 Å². The average Bonchev–Trinajstić information content (AvgIpc) is 2.88. The fourth-order valence-electron chi connectivity index (χ4n) is 4.80. The van der Waals surface area contributed by atoms with Gasteiger partial charge in [0.1, 0.15) is 12.4 Å². The normalized spacial score (nSPS) is 15.3. The van der Waals surface area contributed by atoms with Gasteiger partial charge in [-0.05, 0) is 64.1 Å². The number of sulfone groups is 1. The van der Waals surface area contributed by atoms with Gasteiger partial charge in [-0.25, -0.2) is 13.9 Å². The van der Waals surface area contributed by atoms with Crippen molar-refractivity contribution in [3.8, 4) is 5.75 Å². The van der Waals surface area contributed by atoms with Gasteiger partial charge in [0.25, 0.3) is 5.91 Å². The van der Waals surface area contributed by atoms with E-state index in [1.165, 1.54) is 0 Å². The van der Waals surface area contributed by atoms with E-state index in [0.29, 0.717) is 17.9 Å². The summed E-state index contributed by atoms with van der Waals surface area (Å²) >= 11 is 0. The second-order valence-corrected chi connectivity index (χ2v) is 14.2. The van der Waals surface area contributed by atoms with E-state index in [9.17, 15) is 18.0 Å². The molecule has 0 spiro atoms. The molecule has 3 aromatic rings. The predicted octanol–water partition coefficient (Wildman–Crippen LogP) is 3.02. The summed E-state index contributed by atoms with van der Waals surface area (Å²) in [6, 6.07) is 16.6. The number of pyridine rings is 1. The highest BCUT2D eigenvalue weighted by molar-refractivity contribution is 7.92. The number of aromatic nitrogens is 1. The number of aryl methyl sites for hydroxylation is 1. The largest absolute Gasteiger partial charge is 0.489 e. The Kier molecular flexibility index (Phi) is 8.48. The molecule has 214 valence electrons. The number of carbonyl (C=O) groups excluding carboxylic acids is 2. The molecular formula is C29H36N4O6S. The van der Waals surface area contributed by atoms with Gasteiger partial charge in [0.05, 0.1) is 28.0 Å². The molecule has 2 heterocycles. The first-order valence-corrected chi connectivity index (χ1v) is 14.7. The predicted molar refractivity (Wildman–Crippen MR) is 152 cm³/mol. The van der Waals surface area contributed by atoms with Gasteiger partial charge >= 0.3 is 0 Å². The quantitative estimate of drug-likeness (QED) is 0.251. The van der Waals surface area contributed by atoms with Crippen LogP contribution in [0.5, 0.6) is 5.75 Å². The van der Waals surface area contributed by atoms with Crippen LogP contribution < -0.4 is 15.5 Å². The van der Waals surface area contributed by atoms with Crippen molar-refractivity contribution in [3.63, 3.8) is 0 Å². The monoisotopic (exact) mass is 568 g/mol. The SMILES string of the molecule is Cc1cc(COc2ccc(C(=O)NC3(CC(=O)NO)CN(CCS(=O)(=O)C(C)(C)C)C3)cc2)c2ccccc2n1. The molecule has 11 heteroatoms. The number of likely N-dealkylation sites (tertiary alicyclic amines) is 1. The highest BCUT2D eigenvalue weighted by Gasteiger charge is 2.46. The molecule has 0 aliphatic carbocycles. The van der Waals surface area contributed by atoms with E-state index in [1.807, 2.05) is 42.2 Å². The molecule has 40 heavy (non-hydrogen) atoms. The first kappa shape index (κ1) is 29.4. The molecule has 1 aromatic heterocycles. The van der Waals surface area contributed by atoms with Gasteiger partial charge in [-0.1, -0.05) is 18.2 Å². The average molecular weight is 569 g/mol. The molecule has 4 rings (SSSR count). The molecule has 1 fully saturated rings. The maximum absolute atomic E-state index is 13.1. The Morgan fingerprint density at radius 2 is 1.77 bits per heavy atom. The molecule has 2 amide bonds. The Bertz CT molecular complexity index is 1490. The van der Waals surface area contributed by atoms with E-state index in [2.05, 4.69) is 10.3 Å². The van der Waals surface area contributed by atoms with Gasteiger partial charge in [0, 0.05) is 41.8 Å². The van der Waals surface area contributed by atoms with Crippen molar-refractivity contribution in [2.75, 3.05) is 25.4 Å². The Morgan fingerprint density at radius 3 is 2.42 bits per heavy atom. The standard InChI is InChI=1S/C29H36N4O6S/c1-20-15-22(24-7-5-6-8-25(24)30-20)17-39-23-11-9-21(10-12-23)27(35)31-29(16-26(34)32-36)18-33(19-29)13-14-40(37,38)28(2,3)4/h5-12,15,36H,13-14,16-19H2,1-4H3,(H,31,35)(H,32,34). The van der Waals surface area contributed by atoms with E-state index in [1.54, 1.807) is 50.5 Å². The van der Waals surface area contributed by atoms with Gasteiger partial charge in [0.2, 0.25) is 5.91 Å². The van der Waals surface area contributed by atoms with Crippen molar-refractivity contribution >= 4 is 32.6 Å². The zero-order valence-corrected chi connectivity index (χ0v) is 24.0. The molecule has 1 aliphatic heterocycles. The van der Waals surface area contributed by atoms with Crippen molar-refractivity contribution in [2.24, 2.45) is 0 Å². The lowest BCUT2D eigenvalue weighted by Crippen LogP contribution is -2.71. The number of hydrogen-bond donors (Lipinski definition) is 3. The molecule has 10 nitrogen and oxygen atoms in total. The fraction of sp³-hybridized carbons (Fsp3) is 0.414. The van der Waals surface area contributed by atoms with Gasteiger partial charge < -0.3 is 10.1 Å². The summed E-state index contributed by atoms with van der Waals surface area (Å²) in [7, 11) is -3.30. The number of hydroxylamine groups is 1. The first-order chi connectivity index (χ1) is 18.8. The number of hydrogen-bond acceptors (Lipinski definition) is 8. The van der Waals surface area contributed by atoms with Crippen LogP contribution in [0, 0.1) is 6.92 Å². The summed E-state index contributed by atoms with van der Waals surface area (Å²) < 4.78 is 30.1. The van der Waals surface area contributed by atoms with Crippen LogP contribution in [0.1, 0.15) is 48.8 Å². The van der Waals surface area contributed by atoms with Crippen molar-refractivity contribution < 1.29 is 28.0 Å². The van der Waals surface area contributed by atoms with Gasteiger partial charge in [0.15, 0.2) is 9.84 Å². The van der Waals surface area contributed by atoms with Gasteiger partial charge in [-0.2, -0.15) is 0 Å². The molecule has 1 aliphatic rings. The third kappa shape index (κ3) is 6.78. The van der Waals surface area contributed by atoms with Crippen molar-refractivity contribution in [1.82, 2.24) is 20.7 Å². The highest BCUT2D eigenvalue weighted by atomic mass is 32.2. The molecular weight excluding hydrogens is 532 g/mol. The number of para-hydroxylation sites is 1. The Balaban J connectivity index is 1.38. The minimum atomic E-state index is -3.30. The lowest BCUT2D eigenvalue weighted by atomic mass is 9.85. The molecule has 1 saturated heterocycles. The van der Waals surface area contributed by atoms with Crippen LogP contribution in [0.25, 0.3) is 10.9 Å². The number of nitrogens with one attached hydrogen (secondary N) is 2. The van der Waals surface area contributed by atoms with Gasteiger partial charge in [-0.15, -0.1) is 0 Å². The number of rotatable bonds is 10. The summed E-state index contributed by atoms with van der Waals surface area (Å²) in [5, 5.41) is 13.0. The number of ether oxygens (including phenoxy) is 1. The first-order valence-electron chi connectivity index (χ1n) is 13.1. The smallest absolute Gasteiger partial charge is 0.251 e. The molecule has 0 saturated carbocycles. The molecule has 0 radical (unpaired) electrons. The van der Waals surface area contributed by atoms with E-state index < -0.39 is 26.0 Å². The number of benzene rings is 2. The van der Waals surface area contributed by atoms with Crippen LogP contribution in [0.3, 0.4) is 0 Å². The second kappa shape index (κ2) is 11.5. The van der Waals surface area contributed by atoms with E-state index >= 15 is 0 Å². The zero-order valence-electron chi connectivity index (χ0n) is 23.2. The maximum Gasteiger partial charge on any atom is 0.251 e. The Labute approximate surface area is 234 Å². The number of amides is 2. The molecule has 2 aromatic carbocycles. The minimum absolute atomic E-state index is 0.0248. The Hall–Kier alpha value is -3.54. The topological polar surface area (TPSA) is 138 Å². The zero-order chi connectivity index (χ0) is 29.1. The summed E-state index contributed by atoms with van der Waals surface area (Å²) in [4.78, 5) is 31.5. The van der Waals surface area contributed by atoms with Crippen LogP contribution in [-0.2, 0) is 21.2 Å². The van der Waals surface area contributed by atoms with E-state index in [0.717, 1.165) is 22.2 Å². The summed E-state index contributed by atoms with van der Waals surface area (Å²) in [6.07, 6.45) is -0.141. The third-order valence-electron chi connectivity index (χ3n) is 7.10. The Morgan fingerprint density at radius 1 is 1.10 bits per heavy atom. The lowest BCUT2D eigenvalue weighted by Gasteiger charge is -2.50. The molecule has 0 bridgehead atoms. The summed E-state index contributed by atoms with van der Waals surface area (Å²) in [5.74, 6) is -0.442. The lowest BCUT2D eigenvalue weighted by molar-refractivity contribution is -0.132. The maximum atomic E-state index is 13.1. The van der Waals surface area contributed by atoms with Crippen LogP contribution in [0.4, 0.5) is 0 Å². The van der Waals surface area contributed by atoms with Crippen LogP contribution in [0.15, 0.2) is 54.6 Å². The number of fused-ring (bicyclic) bond motifs is 1. The van der Waals surface area contributed by atoms with Crippen LogP contribution in [0.2, 0.25) is 0 Å². The number of carbonyl (C=O) groups is 2. The molecule has 0 unspecified atom stereocenters. The summed E-state index contributed by atoms with van der Waals surface area (Å²) in [6.45, 7) is 8.12. The number of nitrogens with zero attached hydrogens (tertiary/aromatic N) is 2. The third-order valence-corrected chi connectivity index (χ3v) is 9.69. The second-order valence-electron chi connectivity index (χ2n) is 11.3. The summed E-state index contributed by atoms with van der Waals surface area (Å²) in [5.41, 5.74) is 3.89. The van der Waals surface area contributed by atoms with E-state index in [-0.39, 0.29) is 37.7 Å². The van der Waals surface area contributed by atoms with Crippen molar-refractivity contribution in [1.29, 1.82) is 0 Å².